The van der Waals surface area contributed by atoms with Crippen molar-refractivity contribution in [2.24, 2.45) is 0 Å². The average Bonchev–Trinajstić information content (AvgIpc) is 2.28. The summed E-state index contributed by atoms with van der Waals surface area (Å²) >= 11 is 11.8. The molecule has 1 N–H and O–H groups in total. The number of hydrogen-bond donors (Lipinski definition) is 1. The molecule has 0 unspecified atom stereocenters. The molecule has 0 aliphatic carbocycles. The number of halogens is 2. The summed E-state index contributed by atoms with van der Waals surface area (Å²) in [5.74, 6) is 0.664. The Morgan fingerprint density at radius 2 is 2.06 bits per heavy atom. The molecule has 0 bridgehead atoms. The van der Waals surface area contributed by atoms with E-state index in [9.17, 15) is 0 Å². The molecule has 2 nitrogen and oxygen atoms in total. The lowest BCUT2D eigenvalue weighted by Crippen LogP contribution is -2.14. The topological polar surface area (TPSA) is 21.3 Å². The third-order valence-electron chi connectivity index (χ3n) is 2.15. The first-order valence-electron chi connectivity index (χ1n) is 5.52. The van der Waals surface area contributed by atoms with Gasteiger partial charge in [-0.2, -0.15) is 0 Å². The maximum atomic E-state index is 5.96. The molecule has 0 radical (unpaired) electrons. The Morgan fingerprint density at radius 1 is 1.25 bits per heavy atom. The van der Waals surface area contributed by atoms with Gasteiger partial charge in [-0.25, -0.2) is 0 Å². The normalized spacial score (nSPS) is 10.4. The third kappa shape index (κ3) is 5.06. The number of hydrogen-bond acceptors (Lipinski definition) is 2. The largest absolute Gasteiger partial charge is 0.492 e. The summed E-state index contributed by atoms with van der Waals surface area (Å²) in [6.07, 6.45) is 2.11. The minimum absolute atomic E-state index is 0.607. The van der Waals surface area contributed by atoms with Crippen LogP contribution in [-0.4, -0.2) is 19.7 Å². The van der Waals surface area contributed by atoms with Crippen LogP contribution in [0.25, 0.3) is 0 Å². The highest BCUT2D eigenvalue weighted by atomic mass is 35.5. The predicted molar refractivity (Wildman–Crippen MR) is 69.7 cm³/mol. The van der Waals surface area contributed by atoms with Gasteiger partial charge >= 0.3 is 0 Å². The molecule has 0 saturated carbocycles. The first kappa shape index (κ1) is 13.6. The quantitative estimate of drug-likeness (QED) is 0.755. The third-order valence-corrected chi connectivity index (χ3v) is 2.70. The van der Waals surface area contributed by atoms with Gasteiger partial charge in [0.2, 0.25) is 0 Å². The van der Waals surface area contributed by atoms with Crippen molar-refractivity contribution in [1.29, 1.82) is 0 Å². The molecule has 0 spiro atoms. The van der Waals surface area contributed by atoms with Crippen LogP contribution >= 0.6 is 23.2 Å². The Hall–Kier alpha value is -0.440. The lowest BCUT2D eigenvalue weighted by atomic mass is 10.3. The van der Waals surface area contributed by atoms with Gasteiger partial charge in [-0.3, -0.25) is 0 Å². The van der Waals surface area contributed by atoms with Gasteiger partial charge in [0.15, 0.2) is 0 Å². The summed E-state index contributed by atoms with van der Waals surface area (Å²) in [5.41, 5.74) is 0. The van der Waals surface area contributed by atoms with Crippen molar-refractivity contribution in [3.63, 3.8) is 0 Å². The second kappa shape index (κ2) is 7.77. The summed E-state index contributed by atoms with van der Waals surface area (Å²) in [5, 5.41) is 4.52. The van der Waals surface area contributed by atoms with Crippen LogP contribution in [0.15, 0.2) is 18.2 Å². The van der Waals surface area contributed by atoms with E-state index >= 15 is 0 Å². The van der Waals surface area contributed by atoms with Gasteiger partial charge in [-0.05, 0) is 38.1 Å². The van der Waals surface area contributed by atoms with E-state index in [4.69, 9.17) is 27.9 Å². The van der Waals surface area contributed by atoms with Gasteiger partial charge in [0.05, 0.1) is 11.6 Å². The summed E-state index contributed by atoms with van der Waals surface area (Å²) < 4.78 is 5.55. The van der Waals surface area contributed by atoms with Crippen LogP contribution in [0.4, 0.5) is 0 Å². The van der Waals surface area contributed by atoms with Crippen LogP contribution in [0.5, 0.6) is 5.75 Å². The minimum atomic E-state index is 0.607. The highest BCUT2D eigenvalue weighted by Gasteiger charge is 2.01. The summed E-state index contributed by atoms with van der Waals surface area (Å²) in [7, 11) is 0. The number of rotatable bonds is 7. The first-order chi connectivity index (χ1) is 7.74. The van der Waals surface area contributed by atoms with Gasteiger partial charge < -0.3 is 10.1 Å². The van der Waals surface area contributed by atoms with E-state index in [2.05, 4.69) is 12.2 Å². The minimum Gasteiger partial charge on any atom is -0.492 e. The Kier molecular flexibility index (Phi) is 6.62. The zero-order chi connectivity index (χ0) is 11.8. The number of benzene rings is 1. The van der Waals surface area contributed by atoms with Crippen molar-refractivity contribution < 1.29 is 4.74 Å². The highest BCUT2D eigenvalue weighted by Crippen LogP contribution is 2.27. The molecule has 4 heteroatoms. The van der Waals surface area contributed by atoms with Crippen molar-refractivity contribution in [3.8, 4) is 5.75 Å². The van der Waals surface area contributed by atoms with E-state index in [1.165, 1.54) is 0 Å². The average molecular weight is 262 g/mol. The molecule has 0 atom stereocenters. The fraction of sp³-hybridized carbons (Fsp3) is 0.500. The van der Waals surface area contributed by atoms with Crippen molar-refractivity contribution in [2.45, 2.75) is 19.8 Å². The molecular formula is C12H17Cl2NO. The van der Waals surface area contributed by atoms with Crippen LogP contribution in [-0.2, 0) is 0 Å². The van der Waals surface area contributed by atoms with E-state index in [0.717, 1.165) is 25.9 Å². The van der Waals surface area contributed by atoms with Crippen molar-refractivity contribution in [1.82, 2.24) is 5.32 Å². The number of unbranched alkanes of at least 4 members (excludes halogenated alkanes) is 1. The van der Waals surface area contributed by atoms with Crippen LogP contribution < -0.4 is 10.1 Å². The van der Waals surface area contributed by atoms with E-state index in [1.807, 2.05) is 0 Å². The molecular weight excluding hydrogens is 245 g/mol. The summed E-state index contributed by atoms with van der Waals surface area (Å²) in [6, 6.07) is 5.24. The smallest absolute Gasteiger partial charge is 0.139 e. The Bertz CT molecular complexity index is 318. The zero-order valence-corrected chi connectivity index (χ0v) is 10.9. The van der Waals surface area contributed by atoms with Gasteiger partial charge in [-0.15, -0.1) is 0 Å². The number of nitrogens with one attached hydrogen (secondary N) is 1. The van der Waals surface area contributed by atoms with Crippen LogP contribution in [0.2, 0.25) is 10.0 Å². The SMILES string of the molecule is CCNCCCCOc1cc(Cl)ccc1Cl. The molecule has 1 rings (SSSR count). The summed E-state index contributed by atoms with van der Waals surface area (Å²) in [4.78, 5) is 0. The van der Waals surface area contributed by atoms with Crippen molar-refractivity contribution >= 4 is 23.2 Å². The molecule has 0 aliphatic rings. The lowest BCUT2D eigenvalue weighted by molar-refractivity contribution is 0.306. The fourth-order valence-corrected chi connectivity index (χ4v) is 1.63. The monoisotopic (exact) mass is 261 g/mol. The molecule has 0 fully saturated rings. The van der Waals surface area contributed by atoms with E-state index in [0.29, 0.717) is 22.4 Å². The second-order valence-electron chi connectivity index (χ2n) is 3.48. The Labute approximate surface area is 107 Å². The van der Waals surface area contributed by atoms with Crippen molar-refractivity contribution in [3.05, 3.63) is 28.2 Å². The standard InChI is InChI=1S/C12H17Cl2NO/c1-2-15-7-3-4-8-16-12-9-10(13)5-6-11(12)14/h5-6,9,15H,2-4,7-8H2,1H3. The molecule has 1 aromatic rings. The second-order valence-corrected chi connectivity index (χ2v) is 4.33. The lowest BCUT2D eigenvalue weighted by Gasteiger charge is -2.08. The van der Waals surface area contributed by atoms with Crippen LogP contribution in [0.3, 0.4) is 0 Å². The van der Waals surface area contributed by atoms with Gasteiger partial charge in [0.1, 0.15) is 5.75 Å². The first-order valence-corrected chi connectivity index (χ1v) is 6.28. The Balaban J connectivity index is 2.23. The Morgan fingerprint density at radius 3 is 2.81 bits per heavy atom. The van der Waals surface area contributed by atoms with E-state index < -0.39 is 0 Å². The van der Waals surface area contributed by atoms with Gasteiger partial charge in [-0.1, -0.05) is 30.1 Å². The van der Waals surface area contributed by atoms with E-state index in [-0.39, 0.29) is 0 Å². The molecule has 90 valence electrons. The zero-order valence-electron chi connectivity index (χ0n) is 9.43. The molecule has 0 aliphatic heterocycles. The van der Waals surface area contributed by atoms with E-state index in [1.54, 1.807) is 18.2 Å². The van der Waals surface area contributed by atoms with Gasteiger partial charge in [0, 0.05) is 11.1 Å². The molecule has 1 aromatic carbocycles. The maximum absolute atomic E-state index is 5.96. The molecule has 0 heterocycles. The maximum Gasteiger partial charge on any atom is 0.139 e. The number of ether oxygens (including phenoxy) is 1. The predicted octanol–water partition coefficient (Wildman–Crippen LogP) is 3.76. The summed E-state index contributed by atoms with van der Waals surface area (Å²) in [6.45, 7) is 4.82. The van der Waals surface area contributed by atoms with Crippen LogP contribution in [0.1, 0.15) is 19.8 Å². The van der Waals surface area contributed by atoms with Crippen LogP contribution in [0, 0.1) is 0 Å². The van der Waals surface area contributed by atoms with Crippen molar-refractivity contribution in [2.75, 3.05) is 19.7 Å². The highest BCUT2D eigenvalue weighted by molar-refractivity contribution is 6.34. The fourth-order valence-electron chi connectivity index (χ4n) is 1.30. The van der Waals surface area contributed by atoms with Gasteiger partial charge in [0.25, 0.3) is 0 Å². The molecule has 0 amide bonds. The molecule has 0 aromatic heterocycles. The molecule has 0 saturated heterocycles. The molecule has 16 heavy (non-hydrogen) atoms.